The van der Waals surface area contributed by atoms with Gasteiger partial charge in [0.2, 0.25) is 0 Å². The molecule has 0 aromatic rings. The molecule has 0 saturated heterocycles. The Balaban J connectivity index is 3.52. The molecular formula is C14H28N6. The van der Waals surface area contributed by atoms with Gasteiger partial charge in [0.25, 0.3) is 0 Å². The van der Waals surface area contributed by atoms with E-state index in [1.54, 1.807) is 0 Å². The third kappa shape index (κ3) is 13.1. The molecule has 0 rings (SSSR count). The van der Waals surface area contributed by atoms with E-state index in [1.165, 1.54) is 51.4 Å². The third-order valence-corrected chi connectivity index (χ3v) is 3.52. The summed E-state index contributed by atoms with van der Waals surface area (Å²) in [6.07, 6.45) is 12.7. The average Bonchev–Trinajstić information content (AvgIpc) is 2.47. The van der Waals surface area contributed by atoms with Gasteiger partial charge in [0.15, 0.2) is 0 Å². The molecule has 0 aliphatic rings. The zero-order valence-corrected chi connectivity index (χ0v) is 12.7. The van der Waals surface area contributed by atoms with E-state index in [2.05, 4.69) is 27.0 Å². The Bertz CT molecular complexity index is 285. The van der Waals surface area contributed by atoms with E-state index in [0.29, 0.717) is 13.1 Å². The molecule has 20 heavy (non-hydrogen) atoms. The maximum Gasteiger partial charge on any atom is 0.0287 e. The molecule has 0 unspecified atom stereocenters. The lowest BCUT2D eigenvalue weighted by atomic mass is 10.00. The summed E-state index contributed by atoms with van der Waals surface area (Å²) in [4.78, 5) is 5.53. The Morgan fingerprint density at radius 2 is 1.20 bits per heavy atom. The lowest BCUT2D eigenvalue weighted by Gasteiger charge is -2.10. The van der Waals surface area contributed by atoms with Crippen LogP contribution in [0.25, 0.3) is 20.9 Å². The summed E-state index contributed by atoms with van der Waals surface area (Å²) in [5.41, 5.74) is 16.7. The quantitative estimate of drug-likeness (QED) is 0.158. The molecule has 0 bridgehead atoms. The van der Waals surface area contributed by atoms with Crippen LogP contribution in [0.1, 0.15) is 71.1 Å². The highest BCUT2D eigenvalue weighted by molar-refractivity contribution is 4.66. The first-order valence-electron chi connectivity index (χ1n) is 7.86. The van der Waals surface area contributed by atoms with Crippen molar-refractivity contribution in [2.24, 2.45) is 16.1 Å². The average molecular weight is 280 g/mol. The molecule has 0 aliphatic heterocycles. The van der Waals surface area contributed by atoms with Gasteiger partial charge in [0, 0.05) is 22.9 Å². The lowest BCUT2D eigenvalue weighted by molar-refractivity contribution is 0.463. The van der Waals surface area contributed by atoms with E-state index in [9.17, 15) is 0 Å². The van der Waals surface area contributed by atoms with Gasteiger partial charge >= 0.3 is 0 Å². The van der Waals surface area contributed by atoms with Crippen molar-refractivity contribution in [1.29, 1.82) is 0 Å². The maximum absolute atomic E-state index is 8.33. The van der Waals surface area contributed by atoms with Gasteiger partial charge in [-0.3, -0.25) is 0 Å². The van der Waals surface area contributed by atoms with Gasteiger partial charge in [-0.05, 0) is 17.0 Å². The molecule has 0 saturated carbocycles. The Morgan fingerprint density at radius 3 is 1.65 bits per heavy atom. The molecular weight excluding hydrogens is 252 g/mol. The molecule has 0 aliphatic carbocycles. The minimum atomic E-state index is 0.200. The first-order chi connectivity index (χ1) is 9.85. The number of rotatable bonds is 14. The first kappa shape index (κ1) is 18.6. The summed E-state index contributed by atoms with van der Waals surface area (Å²) in [7, 11) is 0. The van der Waals surface area contributed by atoms with E-state index >= 15 is 0 Å². The second-order valence-corrected chi connectivity index (χ2v) is 5.31. The summed E-state index contributed by atoms with van der Waals surface area (Å²) < 4.78 is 0. The summed E-state index contributed by atoms with van der Waals surface area (Å²) in [5.74, 6) is 0.200. The van der Waals surface area contributed by atoms with Crippen LogP contribution in [-0.2, 0) is 0 Å². The SMILES string of the molecule is CCCCCCCCCCCC(CN=[N+]=[N-])CN=[N+]=[N-]. The van der Waals surface area contributed by atoms with Crippen LogP contribution in [0.3, 0.4) is 0 Å². The minimum Gasteiger partial charge on any atom is -0.0937 e. The summed E-state index contributed by atoms with van der Waals surface area (Å²) >= 11 is 0. The van der Waals surface area contributed by atoms with Crippen molar-refractivity contribution in [2.45, 2.75) is 71.1 Å². The van der Waals surface area contributed by atoms with Crippen LogP contribution < -0.4 is 0 Å². The predicted octanol–water partition coefficient (Wildman–Crippen LogP) is 6.14. The Labute approximate surface area is 122 Å². The van der Waals surface area contributed by atoms with Gasteiger partial charge in [-0.25, -0.2) is 0 Å². The molecule has 0 amide bonds. The predicted molar refractivity (Wildman–Crippen MR) is 83.4 cm³/mol. The second kappa shape index (κ2) is 15.7. The molecule has 6 nitrogen and oxygen atoms in total. The summed E-state index contributed by atoms with van der Waals surface area (Å²) in [6, 6.07) is 0. The normalized spacial score (nSPS) is 11.4. The largest absolute Gasteiger partial charge is 0.0937 e. The molecule has 0 heterocycles. The zero-order chi connectivity index (χ0) is 14.9. The number of nitrogens with zero attached hydrogens (tertiary/aromatic N) is 6. The van der Waals surface area contributed by atoms with Crippen LogP contribution in [0.15, 0.2) is 10.2 Å². The van der Waals surface area contributed by atoms with Crippen LogP contribution in [-0.4, -0.2) is 13.1 Å². The number of hydrogen-bond donors (Lipinski definition) is 0. The van der Waals surface area contributed by atoms with Crippen molar-refractivity contribution in [3.63, 3.8) is 0 Å². The van der Waals surface area contributed by atoms with Crippen LogP contribution in [0.5, 0.6) is 0 Å². The van der Waals surface area contributed by atoms with E-state index in [0.717, 1.165) is 12.8 Å². The molecule has 0 fully saturated rings. The van der Waals surface area contributed by atoms with Gasteiger partial charge in [-0.1, -0.05) is 81.4 Å². The minimum absolute atomic E-state index is 0.200. The molecule has 0 atom stereocenters. The Morgan fingerprint density at radius 1 is 0.750 bits per heavy atom. The molecule has 6 heteroatoms. The fourth-order valence-corrected chi connectivity index (χ4v) is 2.29. The van der Waals surface area contributed by atoms with Gasteiger partial charge in [-0.15, -0.1) is 0 Å². The van der Waals surface area contributed by atoms with Crippen LogP contribution >= 0.6 is 0 Å². The summed E-state index contributed by atoms with van der Waals surface area (Å²) in [6.45, 7) is 3.11. The van der Waals surface area contributed by atoms with E-state index in [1.807, 2.05) is 0 Å². The third-order valence-electron chi connectivity index (χ3n) is 3.52. The van der Waals surface area contributed by atoms with Crippen molar-refractivity contribution < 1.29 is 0 Å². The molecule has 0 radical (unpaired) electrons. The lowest BCUT2D eigenvalue weighted by Crippen LogP contribution is -2.08. The number of hydrogen-bond acceptors (Lipinski definition) is 2. The topological polar surface area (TPSA) is 97.5 Å². The molecule has 0 N–H and O–H groups in total. The van der Waals surface area contributed by atoms with Crippen molar-refractivity contribution in [3.05, 3.63) is 20.9 Å². The highest BCUT2D eigenvalue weighted by Crippen LogP contribution is 2.14. The Hall–Kier alpha value is -1.38. The molecule has 0 aromatic carbocycles. The van der Waals surface area contributed by atoms with Crippen molar-refractivity contribution in [3.8, 4) is 0 Å². The molecule has 0 aromatic heterocycles. The van der Waals surface area contributed by atoms with Crippen LogP contribution in [0.4, 0.5) is 0 Å². The van der Waals surface area contributed by atoms with E-state index in [-0.39, 0.29) is 5.92 Å². The number of azide groups is 2. The van der Waals surface area contributed by atoms with Gasteiger partial charge in [-0.2, -0.15) is 0 Å². The maximum atomic E-state index is 8.33. The van der Waals surface area contributed by atoms with E-state index in [4.69, 9.17) is 11.1 Å². The zero-order valence-electron chi connectivity index (χ0n) is 12.7. The van der Waals surface area contributed by atoms with Crippen molar-refractivity contribution in [2.75, 3.05) is 13.1 Å². The molecule has 114 valence electrons. The smallest absolute Gasteiger partial charge is 0.0287 e. The fraction of sp³-hybridized carbons (Fsp3) is 1.00. The monoisotopic (exact) mass is 280 g/mol. The first-order valence-corrected chi connectivity index (χ1v) is 7.86. The Kier molecular flexibility index (Phi) is 14.6. The standard InChI is InChI=1S/C14H28N6/c1-2-3-4-5-6-7-8-9-10-11-14(12-17-19-15)13-18-20-16/h14H,2-13H2,1H3. The van der Waals surface area contributed by atoms with Gasteiger partial charge < -0.3 is 0 Å². The van der Waals surface area contributed by atoms with Crippen LogP contribution in [0, 0.1) is 5.92 Å². The highest BCUT2D eigenvalue weighted by atomic mass is 15.1. The highest BCUT2D eigenvalue weighted by Gasteiger charge is 2.06. The van der Waals surface area contributed by atoms with E-state index < -0.39 is 0 Å². The van der Waals surface area contributed by atoms with Gasteiger partial charge in [0.1, 0.15) is 0 Å². The van der Waals surface area contributed by atoms with Crippen molar-refractivity contribution in [1.82, 2.24) is 0 Å². The summed E-state index contributed by atoms with van der Waals surface area (Å²) in [5, 5.41) is 7.16. The van der Waals surface area contributed by atoms with Crippen molar-refractivity contribution >= 4 is 0 Å². The van der Waals surface area contributed by atoms with Crippen LogP contribution in [0.2, 0.25) is 0 Å². The second-order valence-electron chi connectivity index (χ2n) is 5.31. The number of unbranched alkanes of at least 4 members (excludes halogenated alkanes) is 8. The van der Waals surface area contributed by atoms with Gasteiger partial charge in [0.05, 0.1) is 0 Å². The molecule has 0 spiro atoms. The fourth-order valence-electron chi connectivity index (χ4n) is 2.29.